The molecule has 0 fully saturated rings. The lowest BCUT2D eigenvalue weighted by atomic mass is 10.1. The van der Waals surface area contributed by atoms with Gasteiger partial charge in [0.05, 0.1) is 5.56 Å². The number of aromatic nitrogens is 1. The predicted octanol–water partition coefficient (Wildman–Crippen LogP) is 3.08. The summed E-state index contributed by atoms with van der Waals surface area (Å²) in [6, 6.07) is 11.5. The van der Waals surface area contributed by atoms with Gasteiger partial charge in [-0.25, -0.2) is 4.98 Å². The Morgan fingerprint density at radius 1 is 1.33 bits per heavy atom. The van der Waals surface area contributed by atoms with Crippen LogP contribution in [0.1, 0.15) is 21.5 Å². The van der Waals surface area contributed by atoms with Crippen molar-refractivity contribution in [1.82, 2.24) is 10.3 Å². The maximum absolute atomic E-state index is 11.9. The summed E-state index contributed by atoms with van der Waals surface area (Å²) in [4.78, 5) is 16.0. The van der Waals surface area contributed by atoms with Crippen molar-refractivity contribution in [2.24, 2.45) is 0 Å². The van der Waals surface area contributed by atoms with Crippen LogP contribution in [-0.2, 0) is 6.54 Å². The van der Waals surface area contributed by atoms with E-state index in [2.05, 4.69) is 32.3 Å². The summed E-state index contributed by atoms with van der Waals surface area (Å²) < 4.78 is 0.562. The Labute approximate surface area is 114 Å². The number of nitrogens with zero attached hydrogens (tertiary/aromatic N) is 1. The standard InChI is InChI=1S/C14H13BrN2O/c1-10-4-2-5-11(8-10)9-17-14(18)12-6-3-7-16-13(12)15/h2-8H,9H2,1H3,(H,17,18). The van der Waals surface area contributed by atoms with Crippen LogP contribution in [0, 0.1) is 6.92 Å². The van der Waals surface area contributed by atoms with E-state index in [1.54, 1.807) is 18.3 Å². The van der Waals surface area contributed by atoms with E-state index >= 15 is 0 Å². The average molecular weight is 305 g/mol. The first kappa shape index (κ1) is 12.8. The van der Waals surface area contributed by atoms with E-state index in [9.17, 15) is 4.79 Å². The Balaban J connectivity index is 2.03. The Hall–Kier alpha value is -1.68. The Morgan fingerprint density at radius 2 is 2.17 bits per heavy atom. The second-order valence-electron chi connectivity index (χ2n) is 4.01. The van der Waals surface area contributed by atoms with Gasteiger partial charge in [0.2, 0.25) is 0 Å². The number of nitrogens with one attached hydrogen (secondary N) is 1. The molecule has 0 saturated carbocycles. The fourth-order valence-electron chi connectivity index (χ4n) is 1.66. The topological polar surface area (TPSA) is 42.0 Å². The van der Waals surface area contributed by atoms with Gasteiger partial charge in [-0.2, -0.15) is 0 Å². The van der Waals surface area contributed by atoms with Gasteiger partial charge in [0.1, 0.15) is 4.60 Å². The highest BCUT2D eigenvalue weighted by atomic mass is 79.9. The first-order chi connectivity index (χ1) is 8.66. The van der Waals surface area contributed by atoms with E-state index < -0.39 is 0 Å². The summed E-state index contributed by atoms with van der Waals surface area (Å²) in [7, 11) is 0. The third-order valence-corrected chi connectivity index (χ3v) is 3.17. The average Bonchev–Trinajstić information content (AvgIpc) is 2.37. The zero-order valence-electron chi connectivity index (χ0n) is 9.98. The van der Waals surface area contributed by atoms with Crippen LogP contribution < -0.4 is 5.32 Å². The van der Waals surface area contributed by atoms with Crippen molar-refractivity contribution in [3.63, 3.8) is 0 Å². The summed E-state index contributed by atoms with van der Waals surface area (Å²) in [5.41, 5.74) is 2.82. The molecule has 1 aromatic heterocycles. The van der Waals surface area contributed by atoms with Gasteiger partial charge in [-0.1, -0.05) is 29.8 Å². The summed E-state index contributed by atoms with van der Waals surface area (Å²) in [6.45, 7) is 2.55. The molecule has 0 atom stereocenters. The molecule has 0 spiro atoms. The first-order valence-electron chi connectivity index (χ1n) is 5.61. The molecule has 92 valence electrons. The summed E-state index contributed by atoms with van der Waals surface area (Å²) >= 11 is 3.26. The van der Waals surface area contributed by atoms with Crippen molar-refractivity contribution in [3.8, 4) is 0 Å². The third-order valence-electron chi connectivity index (χ3n) is 2.54. The quantitative estimate of drug-likeness (QED) is 0.886. The Kier molecular flexibility index (Phi) is 4.10. The fraction of sp³-hybridized carbons (Fsp3) is 0.143. The molecule has 3 nitrogen and oxygen atoms in total. The van der Waals surface area contributed by atoms with Crippen molar-refractivity contribution in [2.45, 2.75) is 13.5 Å². The van der Waals surface area contributed by atoms with Gasteiger partial charge in [-0.05, 0) is 40.5 Å². The van der Waals surface area contributed by atoms with Crippen LogP contribution in [0.4, 0.5) is 0 Å². The molecular weight excluding hydrogens is 292 g/mol. The van der Waals surface area contributed by atoms with Gasteiger partial charge in [0, 0.05) is 12.7 Å². The van der Waals surface area contributed by atoms with E-state index in [0.29, 0.717) is 16.7 Å². The van der Waals surface area contributed by atoms with Crippen LogP contribution in [0.25, 0.3) is 0 Å². The van der Waals surface area contributed by atoms with Gasteiger partial charge >= 0.3 is 0 Å². The lowest BCUT2D eigenvalue weighted by Crippen LogP contribution is -2.23. The highest BCUT2D eigenvalue weighted by Crippen LogP contribution is 2.12. The minimum atomic E-state index is -0.128. The van der Waals surface area contributed by atoms with Gasteiger partial charge in [0.25, 0.3) is 5.91 Å². The van der Waals surface area contributed by atoms with Crippen LogP contribution in [0.3, 0.4) is 0 Å². The largest absolute Gasteiger partial charge is 0.348 e. The predicted molar refractivity (Wildman–Crippen MR) is 74.3 cm³/mol. The first-order valence-corrected chi connectivity index (χ1v) is 6.40. The Morgan fingerprint density at radius 3 is 2.89 bits per heavy atom. The molecule has 1 amide bonds. The number of carbonyl (C=O) groups is 1. The number of carbonyl (C=O) groups excluding carboxylic acids is 1. The second kappa shape index (κ2) is 5.78. The molecule has 0 aliphatic heterocycles. The van der Waals surface area contributed by atoms with Crippen LogP contribution in [0.2, 0.25) is 0 Å². The molecule has 0 radical (unpaired) electrons. The van der Waals surface area contributed by atoms with Crippen LogP contribution in [0.15, 0.2) is 47.2 Å². The molecule has 0 aliphatic rings. The third kappa shape index (κ3) is 3.17. The molecule has 0 unspecified atom stereocenters. The normalized spacial score (nSPS) is 10.1. The molecule has 2 rings (SSSR count). The van der Waals surface area contributed by atoms with E-state index in [-0.39, 0.29) is 5.91 Å². The summed E-state index contributed by atoms with van der Waals surface area (Å²) in [5, 5.41) is 2.87. The zero-order chi connectivity index (χ0) is 13.0. The van der Waals surface area contributed by atoms with E-state index in [0.717, 1.165) is 5.56 Å². The second-order valence-corrected chi connectivity index (χ2v) is 4.76. The molecule has 1 aromatic carbocycles. The fourth-order valence-corrected chi connectivity index (χ4v) is 2.09. The number of hydrogen-bond donors (Lipinski definition) is 1. The van der Waals surface area contributed by atoms with Crippen LogP contribution >= 0.6 is 15.9 Å². The smallest absolute Gasteiger partial charge is 0.254 e. The number of rotatable bonds is 3. The molecular formula is C14H13BrN2O. The molecule has 1 N–H and O–H groups in total. The van der Waals surface area contributed by atoms with E-state index in [1.807, 2.05) is 25.1 Å². The van der Waals surface area contributed by atoms with Gasteiger partial charge in [-0.3, -0.25) is 4.79 Å². The highest BCUT2D eigenvalue weighted by molar-refractivity contribution is 9.10. The minimum Gasteiger partial charge on any atom is -0.348 e. The molecule has 18 heavy (non-hydrogen) atoms. The summed E-state index contributed by atoms with van der Waals surface area (Å²) in [6.07, 6.45) is 1.64. The van der Waals surface area contributed by atoms with Crippen molar-refractivity contribution in [2.75, 3.05) is 0 Å². The molecule has 0 bridgehead atoms. The number of halogens is 1. The number of aryl methyl sites for hydroxylation is 1. The van der Waals surface area contributed by atoms with Crippen molar-refractivity contribution in [1.29, 1.82) is 0 Å². The highest BCUT2D eigenvalue weighted by Gasteiger charge is 2.09. The lowest BCUT2D eigenvalue weighted by molar-refractivity contribution is 0.0949. The molecule has 0 aliphatic carbocycles. The van der Waals surface area contributed by atoms with Crippen molar-refractivity contribution in [3.05, 3.63) is 63.9 Å². The minimum absolute atomic E-state index is 0.128. The van der Waals surface area contributed by atoms with Crippen LogP contribution in [-0.4, -0.2) is 10.9 Å². The molecule has 0 saturated heterocycles. The summed E-state index contributed by atoms with van der Waals surface area (Å²) in [5.74, 6) is -0.128. The van der Waals surface area contributed by atoms with E-state index in [1.165, 1.54) is 5.56 Å². The lowest BCUT2D eigenvalue weighted by Gasteiger charge is -2.07. The van der Waals surface area contributed by atoms with Crippen LogP contribution in [0.5, 0.6) is 0 Å². The molecule has 4 heteroatoms. The number of benzene rings is 1. The zero-order valence-corrected chi connectivity index (χ0v) is 11.6. The molecule has 2 aromatic rings. The van der Waals surface area contributed by atoms with Crippen molar-refractivity contribution < 1.29 is 4.79 Å². The maximum Gasteiger partial charge on any atom is 0.254 e. The van der Waals surface area contributed by atoms with Gasteiger partial charge in [0.15, 0.2) is 0 Å². The number of amides is 1. The van der Waals surface area contributed by atoms with Gasteiger partial charge < -0.3 is 5.32 Å². The Bertz CT molecular complexity index is 569. The SMILES string of the molecule is Cc1cccc(CNC(=O)c2cccnc2Br)c1. The number of hydrogen-bond acceptors (Lipinski definition) is 2. The van der Waals surface area contributed by atoms with E-state index in [4.69, 9.17) is 0 Å². The van der Waals surface area contributed by atoms with Crippen molar-refractivity contribution >= 4 is 21.8 Å². The maximum atomic E-state index is 11.9. The number of pyridine rings is 1. The molecule has 1 heterocycles. The monoisotopic (exact) mass is 304 g/mol. The van der Waals surface area contributed by atoms with Gasteiger partial charge in [-0.15, -0.1) is 0 Å².